The van der Waals surface area contributed by atoms with E-state index in [1.165, 1.54) is 0 Å². The van der Waals surface area contributed by atoms with Crippen molar-refractivity contribution in [2.75, 3.05) is 0 Å². The molecule has 3 aromatic rings. The molecule has 0 saturated carbocycles. The first-order valence-electron chi connectivity index (χ1n) is 7.46. The van der Waals surface area contributed by atoms with Gasteiger partial charge in [-0.15, -0.1) is 0 Å². The number of carbonyl (C=O) groups excluding carboxylic acids is 1. The number of benzene rings is 2. The maximum Gasteiger partial charge on any atom is 0.310 e. The number of furan rings is 1. The standard InChI is InChI=1S/C19H13Cl3O3/c20-13-6-4-12(5-7-13)10-18(23)24-11-14-8-9-17(25-14)15-2-1-3-16(21)19(15)22/h1-9H,10-11H2. The van der Waals surface area contributed by atoms with Crippen LogP contribution in [-0.4, -0.2) is 5.97 Å². The highest BCUT2D eigenvalue weighted by molar-refractivity contribution is 6.43. The third kappa shape index (κ3) is 4.57. The number of rotatable bonds is 5. The highest BCUT2D eigenvalue weighted by atomic mass is 35.5. The Labute approximate surface area is 160 Å². The lowest BCUT2D eigenvalue weighted by Crippen LogP contribution is -2.07. The lowest BCUT2D eigenvalue weighted by Gasteiger charge is -2.04. The van der Waals surface area contributed by atoms with Crippen LogP contribution in [0.5, 0.6) is 0 Å². The van der Waals surface area contributed by atoms with Crippen molar-refractivity contribution in [1.82, 2.24) is 0 Å². The molecule has 2 aromatic carbocycles. The van der Waals surface area contributed by atoms with Gasteiger partial charge in [0.25, 0.3) is 0 Å². The Morgan fingerprint density at radius 3 is 2.48 bits per heavy atom. The number of hydrogen-bond donors (Lipinski definition) is 0. The summed E-state index contributed by atoms with van der Waals surface area (Å²) >= 11 is 18.0. The van der Waals surface area contributed by atoms with Gasteiger partial charge in [0.15, 0.2) is 0 Å². The van der Waals surface area contributed by atoms with Gasteiger partial charge in [-0.1, -0.05) is 53.0 Å². The number of ether oxygens (including phenoxy) is 1. The number of carbonyl (C=O) groups is 1. The lowest BCUT2D eigenvalue weighted by atomic mass is 10.1. The zero-order valence-corrected chi connectivity index (χ0v) is 15.2. The average Bonchev–Trinajstić information content (AvgIpc) is 3.06. The molecule has 3 nitrogen and oxygen atoms in total. The average molecular weight is 396 g/mol. The number of halogens is 3. The Kier molecular flexibility index (Phi) is 5.69. The van der Waals surface area contributed by atoms with Crippen molar-refractivity contribution < 1.29 is 13.9 Å². The summed E-state index contributed by atoms with van der Waals surface area (Å²) in [4.78, 5) is 11.9. The Morgan fingerprint density at radius 1 is 0.960 bits per heavy atom. The van der Waals surface area contributed by atoms with Crippen molar-refractivity contribution in [3.63, 3.8) is 0 Å². The van der Waals surface area contributed by atoms with Crippen molar-refractivity contribution in [3.05, 3.63) is 81.0 Å². The molecule has 0 N–H and O–H groups in total. The molecule has 128 valence electrons. The van der Waals surface area contributed by atoms with E-state index in [2.05, 4.69) is 0 Å². The Morgan fingerprint density at radius 2 is 1.72 bits per heavy atom. The molecule has 0 radical (unpaired) electrons. The molecule has 0 aliphatic rings. The molecule has 1 heterocycles. The fourth-order valence-corrected chi connectivity index (χ4v) is 2.79. The van der Waals surface area contributed by atoms with Gasteiger partial charge in [-0.2, -0.15) is 0 Å². The van der Waals surface area contributed by atoms with Gasteiger partial charge in [0.05, 0.1) is 16.5 Å². The summed E-state index contributed by atoms with van der Waals surface area (Å²) < 4.78 is 10.9. The third-order valence-corrected chi connectivity index (χ3v) is 4.59. The van der Waals surface area contributed by atoms with Crippen LogP contribution in [0.3, 0.4) is 0 Å². The van der Waals surface area contributed by atoms with Crippen LogP contribution in [0, 0.1) is 0 Å². The molecular formula is C19H13Cl3O3. The van der Waals surface area contributed by atoms with Gasteiger partial charge < -0.3 is 9.15 Å². The predicted octanol–water partition coefficient (Wildman–Crippen LogP) is 6.19. The van der Waals surface area contributed by atoms with E-state index in [0.29, 0.717) is 32.2 Å². The first-order valence-corrected chi connectivity index (χ1v) is 8.59. The molecule has 0 saturated heterocycles. The van der Waals surface area contributed by atoms with Crippen molar-refractivity contribution >= 4 is 40.8 Å². The molecule has 0 fully saturated rings. The molecular weight excluding hydrogens is 383 g/mol. The van der Waals surface area contributed by atoms with Gasteiger partial charge in [0.2, 0.25) is 0 Å². The summed E-state index contributed by atoms with van der Waals surface area (Å²) in [5, 5.41) is 1.50. The van der Waals surface area contributed by atoms with Gasteiger partial charge >= 0.3 is 5.97 Å². The van der Waals surface area contributed by atoms with Crippen molar-refractivity contribution in [2.24, 2.45) is 0 Å². The van der Waals surface area contributed by atoms with E-state index in [9.17, 15) is 4.79 Å². The summed E-state index contributed by atoms with van der Waals surface area (Å²) in [6.07, 6.45) is 0.171. The molecule has 0 aliphatic heterocycles. The van der Waals surface area contributed by atoms with E-state index in [4.69, 9.17) is 44.0 Å². The Hall–Kier alpha value is -1.94. The van der Waals surface area contributed by atoms with Crippen molar-refractivity contribution in [3.8, 4) is 11.3 Å². The summed E-state index contributed by atoms with van der Waals surface area (Å²) in [5.74, 6) is 0.743. The molecule has 0 unspecified atom stereocenters. The Bertz CT molecular complexity index is 885. The van der Waals surface area contributed by atoms with E-state index < -0.39 is 0 Å². The van der Waals surface area contributed by atoms with E-state index in [-0.39, 0.29) is 19.0 Å². The van der Waals surface area contributed by atoms with E-state index >= 15 is 0 Å². The van der Waals surface area contributed by atoms with Crippen LogP contribution >= 0.6 is 34.8 Å². The fraction of sp³-hybridized carbons (Fsp3) is 0.105. The van der Waals surface area contributed by atoms with E-state index in [1.807, 2.05) is 6.07 Å². The second-order valence-corrected chi connectivity index (χ2v) is 6.55. The number of esters is 1. The van der Waals surface area contributed by atoms with Gasteiger partial charge in [0.1, 0.15) is 18.1 Å². The first-order chi connectivity index (χ1) is 12.0. The second-order valence-electron chi connectivity index (χ2n) is 5.33. The Balaban J connectivity index is 1.61. The molecule has 25 heavy (non-hydrogen) atoms. The SMILES string of the molecule is O=C(Cc1ccc(Cl)cc1)OCc1ccc(-c2cccc(Cl)c2Cl)o1. The maximum absolute atomic E-state index is 11.9. The molecule has 0 spiro atoms. The minimum absolute atomic E-state index is 0.0462. The maximum atomic E-state index is 11.9. The monoisotopic (exact) mass is 394 g/mol. The normalized spacial score (nSPS) is 10.7. The molecule has 0 amide bonds. The molecule has 0 atom stereocenters. The van der Waals surface area contributed by atoms with Crippen LogP contribution in [0.1, 0.15) is 11.3 Å². The minimum Gasteiger partial charge on any atom is -0.457 e. The van der Waals surface area contributed by atoms with Crippen molar-refractivity contribution in [1.29, 1.82) is 0 Å². The van der Waals surface area contributed by atoms with Gasteiger partial charge in [-0.05, 0) is 42.0 Å². The largest absolute Gasteiger partial charge is 0.457 e. The van der Waals surface area contributed by atoms with E-state index in [1.54, 1.807) is 48.5 Å². The molecule has 0 bridgehead atoms. The highest BCUT2D eigenvalue weighted by Crippen LogP contribution is 2.34. The van der Waals surface area contributed by atoms with Crippen LogP contribution < -0.4 is 0 Å². The third-order valence-electron chi connectivity index (χ3n) is 3.52. The summed E-state index contributed by atoms with van der Waals surface area (Å²) in [5.41, 5.74) is 1.52. The number of hydrogen-bond acceptors (Lipinski definition) is 3. The van der Waals surface area contributed by atoms with Crippen LogP contribution in [-0.2, 0) is 22.6 Å². The van der Waals surface area contributed by atoms with Crippen LogP contribution in [0.2, 0.25) is 15.1 Å². The topological polar surface area (TPSA) is 39.4 Å². The van der Waals surface area contributed by atoms with Gasteiger partial charge in [-0.25, -0.2) is 0 Å². The molecule has 3 rings (SSSR count). The second kappa shape index (κ2) is 7.96. The quantitative estimate of drug-likeness (QED) is 0.483. The fourth-order valence-electron chi connectivity index (χ4n) is 2.27. The zero-order valence-electron chi connectivity index (χ0n) is 13.0. The van der Waals surface area contributed by atoms with Gasteiger partial charge in [0, 0.05) is 10.6 Å². The minimum atomic E-state index is -0.346. The molecule has 1 aromatic heterocycles. The summed E-state index contributed by atoms with van der Waals surface area (Å²) in [6.45, 7) is 0.0462. The smallest absolute Gasteiger partial charge is 0.310 e. The molecule has 6 heteroatoms. The summed E-state index contributed by atoms with van der Waals surface area (Å²) in [7, 11) is 0. The van der Waals surface area contributed by atoms with Crippen LogP contribution in [0.25, 0.3) is 11.3 Å². The summed E-state index contributed by atoms with van der Waals surface area (Å²) in [6, 6.07) is 15.8. The lowest BCUT2D eigenvalue weighted by molar-refractivity contribution is -0.144. The van der Waals surface area contributed by atoms with Crippen molar-refractivity contribution in [2.45, 2.75) is 13.0 Å². The van der Waals surface area contributed by atoms with Gasteiger partial charge in [-0.3, -0.25) is 4.79 Å². The zero-order chi connectivity index (χ0) is 17.8. The van der Waals surface area contributed by atoms with Crippen LogP contribution in [0.15, 0.2) is 59.0 Å². The first kappa shape index (κ1) is 17.9. The highest BCUT2D eigenvalue weighted by Gasteiger charge is 2.12. The van der Waals surface area contributed by atoms with E-state index in [0.717, 1.165) is 5.56 Å². The molecule has 0 aliphatic carbocycles. The predicted molar refractivity (Wildman–Crippen MR) is 99.1 cm³/mol. The van der Waals surface area contributed by atoms with Crippen LogP contribution in [0.4, 0.5) is 0 Å².